The van der Waals surface area contributed by atoms with Crippen LogP contribution in [0.1, 0.15) is 5.82 Å². The normalized spacial score (nSPS) is 10.9. The van der Waals surface area contributed by atoms with Crippen molar-refractivity contribution in [3.63, 3.8) is 0 Å². The van der Waals surface area contributed by atoms with E-state index in [1.165, 1.54) is 0 Å². The van der Waals surface area contributed by atoms with Crippen LogP contribution in [0.3, 0.4) is 0 Å². The Balaban J connectivity index is 2.00. The van der Waals surface area contributed by atoms with Gasteiger partial charge in [-0.25, -0.2) is 20.8 Å². The maximum absolute atomic E-state index is 5.46. The van der Waals surface area contributed by atoms with Crippen LogP contribution in [0.4, 0.5) is 11.6 Å². The number of hydrogen-bond acceptors (Lipinski definition) is 6. The van der Waals surface area contributed by atoms with E-state index in [-0.39, 0.29) is 0 Å². The van der Waals surface area contributed by atoms with E-state index in [9.17, 15) is 0 Å². The molecule has 0 amide bonds. The summed E-state index contributed by atoms with van der Waals surface area (Å²) in [5, 5.41) is 0. The highest BCUT2D eigenvalue weighted by molar-refractivity contribution is 5.66. The van der Waals surface area contributed by atoms with E-state index in [1.54, 1.807) is 18.6 Å². The summed E-state index contributed by atoms with van der Waals surface area (Å²) in [6.45, 7) is 0.632. The third kappa shape index (κ3) is 2.05. The number of nitrogens with one attached hydrogen (secondary N) is 1. The zero-order valence-corrected chi connectivity index (χ0v) is 11.4. The van der Waals surface area contributed by atoms with Crippen molar-refractivity contribution in [1.29, 1.82) is 0 Å². The molecule has 0 unspecified atom stereocenters. The molecule has 8 nitrogen and oxygen atoms in total. The number of nitrogens with two attached hydrogens (primary N) is 1. The van der Waals surface area contributed by atoms with E-state index < -0.39 is 0 Å². The summed E-state index contributed by atoms with van der Waals surface area (Å²) in [5.74, 6) is 7.73. The molecule has 0 spiro atoms. The first-order valence-electron chi connectivity index (χ1n) is 6.16. The van der Waals surface area contributed by atoms with Gasteiger partial charge in [0.2, 0.25) is 0 Å². The number of aryl methyl sites for hydroxylation is 1. The molecule has 0 radical (unpaired) electrons. The van der Waals surface area contributed by atoms with Crippen molar-refractivity contribution >= 4 is 17.3 Å². The summed E-state index contributed by atoms with van der Waals surface area (Å²) >= 11 is 0. The highest BCUT2D eigenvalue weighted by atomic mass is 15.3. The van der Waals surface area contributed by atoms with Crippen molar-refractivity contribution in [3.8, 4) is 0 Å². The fourth-order valence-electron chi connectivity index (χ4n) is 2.08. The number of fused-ring (bicyclic) bond motifs is 1. The molecule has 8 heteroatoms. The Kier molecular flexibility index (Phi) is 2.99. The standard InChI is InChI=1S/C12H16N8/c1-18-5-3-14-10(18)8-19(2)12-11-15-4-6-20(11)7-9(16-12)17-13/h3-7,17H,8,13H2,1-2H3. The van der Waals surface area contributed by atoms with Crippen LogP contribution in [0.15, 0.2) is 31.0 Å². The topological polar surface area (TPSA) is 89.3 Å². The second-order valence-electron chi connectivity index (χ2n) is 4.56. The van der Waals surface area contributed by atoms with Gasteiger partial charge in [-0.1, -0.05) is 0 Å². The molecule has 3 aromatic rings. The Bertz CT molecular complexity index is 728. The predicted octanol–water partition coefficient (Wildman–Crippen LogP) is 0.385. The number of anilines is 2. The van der Waals surface area contributed by atoms with Gasteiger partial charge in [-0.2, -0.15) is 0 Å². The minimum atomic E-state index is 0.581. The average Bonchev–Trinajstić information content (AvgIpc) is 3.06. The number of rotatable bonds is 4. The quantitative estimate of drug-likeness (QED) is 0.527. The fourth-order valence-corrected chi connectivity index (χ4v) is 2.08. The number of hydrogen-bond donors (Lipinski definition) is 2. The number of imidazole rings is 2. The molecule has 0 saturated heterocycles. The van der Waals surface area contributed by atoms with Crippen LogP contribution < -0.4 is 16.2 Å². The first kappa shape index (κ1) is 12.4. The van der Waals surface area contributed by atoms with Crippen LogP contribution in [0.5, 0.6) is 0 Å². The number of hydrazine groups is 1. The van der Waals surface area contributed by atoms with Crippen molar-refractivity contribution in [2.24, 2.45) is 12.9 Å². The van der Waals surface area contributed by atoms with Gasteiger partial charge in [-0.15, -0.1) is 0 Å². The van der Waals surface area contributed by atoms with Gasteiger partial charge in [-0.05, 0) is 0 Å². The maximum atomic E-state index is 5.46. The second kappa shape index (κ2) is 4.82. The SMILES string of the molecule is CN(Cc1nccn1C)c1nc(NN)cn2ccnc12. The summed E-state index contributed by atoms with van der Waals surface area (Å²) < 4.78 is 3.86. The average molecular weight is 272 g/mol. The third-order valence-corrected chi connectivity index (χ3v) is 3.17. The Morgan fingerprint density at radius 1 is 1.30 bits per heavy atom. The molecule has 0 aliphatic rings. The Hall–Kier alpha value is -2.61. The van der Waals surface area contributed by atoms with E-state index in [4.69, 9.17) is 5.84 Å². The third-order valence-electron chi connectivity index (χ3n) is 3.17. The number of nitrogen functional groups attached to an aromatic ring is 1. The van der Waals surface area contributed by atoms with Crippen LogP contribution in [-0.4, -0.2) is 31.0 Å². The van der Waals surface area contributed by atoms with E-state index in [2.05, 4.69) is 20.4 Å². The van der Waals surface area contributed by atoms with Crippen molar-refractivity contribution < 1.29 is 0 Å². The zero-order valence-electron chi connectivity index (χ0n) is 11.4. The minimum Gasteiger partial charge on any atom is -0.349 e. The molecular formula is C12H16N8. The Morgan fingerprint density at radius 3 is 2.80 bits per heavy atom. The first-order valence-corrected chi connectivity index (χ1v) is 6.16. The Labute approximate surface area is 115 Å². The summed E-state index contributed by atoms with van der Waals surface area (Å²) in [6, 6.07) is 0. The van der Waals surface area contributed by atoms with Gasteiger partial charge < -0.3 is 19.3 Å². The molecule has 0 fully saturated rings. The molecule has 104 valence electrons. The molecule has 3 N–H and O–H groups in total. The highest BCUT2D eigenvalue weighted by Crippen LogP contribution is 2.20. The lowest BCUT2D eigenvalue weighted by molar-refractivity contribution is 0.755. The Morgan fingerprint density at radius 2 is 2.10 bits per heavy atom. The van der Waals surface area contributed by atoms with Gasteiger partial charge in [0.05, 0.1) is 12.7 Å². The summed E-state index contributed by atoms with van der Waals surface area (Å²) in [4.78, 5) is 15.1. The molecule has 20 heavy (non-hydrogen) atoms. The van der Waals surface area contributed by atoms with Gasteiger partial charge in [-0.3, -0.25) is 0 Å². The summed E-state index contributed by atoms with van der Waals surface area (Å²) in [6.07, 6.45) is 9.07. The van der Waals surface area contributed by atoms with Gasteiger partial charge in [0, 0.05) is 38.9 Å². The van der Waals surface area contributed by atoms with Crippen LogP contribution in [0.2, 0.25) is 0 Å². The molecule has 0 aliphatic carbocycles. The maximum Gasteiger partial charge on any atom is 0.180 e. The van der Waals surface area contributed by atoms with E-state index >= 15 is 0 Å². The molecule has 3 aromatic heterocycles. The highest BCUT2D eigenvalue weighted by Gasteiger charge is 2.13. The van der Waals surface area contributed by atoms with Gasteiger partial charge in [0.15, 0.2) is 17.3 Å². The largest absolute Gasteiger partial charge is 0.349 e. The lowest BCUT2D eigenvalue weighted by atomic mass is 10.4. The monoisotopic (exact) mass is 272 g/mol. The lowest BCUT2D eigenvalue weighted by Gasteiger charge is -2.19. The predicted molar refractivity (Wildman–Crippen MR) is 76.1 cm³/mol. The van der Waals surface area contributed by atoms with Crippen LogP contribution in [0, 0.1) is 0 Å². The number of nitrogens with zero attached hydrogens (tertiary/aromatic N) is 6. The molecule has 0 saturated carbocycles. The van der Waals surface area contributed by atoms with Crippen molar-refractivity contribution in [3.05, 3.63) is 36.8 Å². The zero-order chi connectivity index (χ0) is 14.1. The molecule has 0 atom stereocenters. The molecule has 3 rings (SSSR count). The summed E-state index contributed by atoms with van der Waals surface area (Å²) in [5.41, 5.74) is 3.35. The van der Waals surface area contributed by atoms with Crippen LogP contribution >= 0.6 is 0 Å². The van der Waals surface area contributed by atoms with Gasteiger partial charge >= 0.3 is 0 Å². The van der Waals surface area contributed by atoms with Crippen molar-refractivity contribution in [2.45, 2.75) is 6.54 Å². The molecule has 0 bridgehead atoms. The number of aromatic nitrogens is 5. The fraction of sp³-hybridized carbons (Fsp3) is 0.250. The van der Waals surface area contributed by atoms with Crippen molar-refractivity contribution in [1.82, 2.24) is 23.9 Å². The van der Waals surface area contributed by atoms with Crippen LogP contribution in [0.25, 0.3) is 5.65 Å². The molecular weight excluding hydrogens is 256 g/mol. The molecule has 3 heterocycles. The van der Waals surface area contributed by atoms with Gasteiger partial charge in [0.1, 0.15) is 5.82 Å². The van der Waals surface area contributed by atoms with E-state index in [0.717, 1.165) is 17.3 Å². The van der Waals surface area contributed by atoms with Crippen molar-refractivity contribution in [2.75, 3.05) is 17.4 Å². The van der Waals surface area contributed by atoms with E-state index in [1.807, 2.05) is 40.4 Å². The first-order chi connectivity index (χ1) is 9.69. The molecule has 0 aliphatic heterocycles. The van der Waals surface area contributed by atoms with Crippen LogP contribution in [-0.2, 0) is 13.6 Å². The lowest BCUT2D eigenvalue weighted by Crippen LogP contribution is -2.22. The summed E-state index contributed by atoms with van der Waals surface area (Å²) in [7, 11) is 3.92. The second-order valence-corrected chi connectivity index (χ2v) is 4.56. The molecule has 0 aromatic carbocycles. The smallest absolute Gasteiger partial charge is 0.180 e. The van der Waals surface area contributed by atoms with Gasteiger partial charge in [0.25, 0.3) is 0 Å². The minimum absolute atomic E-state index is 0.581. The van der Waals surface area contributed by atoms with E-state index in [0.29, 0.717) is 12.4 Å².